The number of hydrogen-bond acceptors (Lipinski definition) is 4. The van der Waals surface area contributed by atoms with Gasteiger partial charge in [0.15, 0.2) is 0 Å². The van der Waals surface area contributed by atoms with Crippen molar-refractivity contribution in [1.82, 2.24) is 0 Å². The van der Waals surface area contributed by atoms with Crippen LogP contribution in [0.3, 0.4) is 0 Å². The lowest BCUT2D eigenvalue weighted by molar-refractivity contribution is 0.194. The molecular weight excluding hydrogens is 1030 g/mol. The number of hydrogen-bond donors (Lipinski definition) is 0. The van der Waals surface area contributed by atoms with Crippen LogP contribution in [0, 0.1) is 0 Å². The normalized spacial score (nSPS) is 24.1. The Bertz CT molecular complexity index is 3890. The number of benzene rings is 6. The number of unbranched alkanes of at least 4 members (excludes halogenated alkanes) is 1. The van der Waals surface area contributed by atoms with Crippen molar-refractivity contribution < 1.29 is 0 Å². The minimum atomic E-state index is -0.152. The smallest absolute Gasteiger partial charge is 0.264 e. The van der Waals surface area contributed by atoms with Crippen molar-refractivity contribution in [3.63, 3.8) is 0 Å². The first-order valence-electron chi connectivity index (χ1n) is 33.3. The van der Waals surface area contributed by atoms with E-state index in [9.17, 15) is 0 Å². The van der Waals surface area contributed by atoms with Crippen molar-refractivity contribution in [3.05, 3.63) is 147 Å². The summed E-state index contributed by atoms with van der Waals surface area (Å²) in [5.41, 5.74) is 27.8. The molecule has 0 bridgehead atoms. The van der Waals surface area contributed by atoms with Gasteiger partial charge in [0.1, 0.15) is 0 Å². The Morgan fingerprint density at radius 3 is 1.65 bits per heavy atom. The molecule has 2 atom stereocenters. The predicted molar refractivity (Wildman–Crippen MR) is 366 cm³/mol. The minimum absolute atomic E-state index is 0.0300. The van der Waals surface area contributed by atoms with Gasteiger partial charge in [0, 0.05) is 60.1 Å². The van der Waals surface area contributed by atoms with E-state index in [1.807, 2.05) is 0 Å². The van der Waals surface area contributed by atoms with E-state index in [1.54, 1.807) is 22.3 Å². The van der Waals surface area contributed by atoms with Gasteiger partial charge in [-0.05, 0) is 225 Å². The monoisotopic (exact) mass is 1130 g/mol. The third-order valence-corrected chi connectivity index (χ3v) is 25.8. The van der Waals surface area contributed by atoms with Crippen LogP contribution in [0.1, 0.15) is 258 Å². The second-order valence-corrected chi connectivity index (χ2v) is 34.1. The summed E-state index contributed by atoms with van der Waals surface area (Å²) in [4.78, 5) is 8.60. The SMILES string of the molecule is CCCCC(C)(C)c1ccc(N2c3cc4c(cc3B3c5sc6ccccc6c5N(c5ccc6c(c5)C(C)(C)CCC6(C)C)c5cc(N6c7cc8c(cc7C7(C)CCCCC67C)C(C)(C)CCC8(C)C)cc2c53)C(C)(C)CCC4(C)C)cc1CC. The molecule has 84 heavy (non-hydrogen) atoms. The lowest BCUT2D eigenvalue weighted by Crippen LogP contribution is -2.61. The van der Waals surface area contributed by atoms with E-state index in [2.05, 4.69) is 248 Å². The highest BCUT2D eigenvalue weighted by Crippen LogP contribution is 2.64. The fraction of sp³-hybridized carbons (Fsp3) is 0.519. The Morgan fingerprint density at radius 2 is 1.02 bits per heavy atom. The zero-order valence-corrected chi connectivity index (χ0v) is 55.8. The number of rotatable bonds is 8. The summed E-state index contributed by atoms with van der Waals surface area (Å²) in [6.45, 7) is 45.4. The van der Waals surface area contributed by atoms with Crippen LogP contribution in [0.25, 0.3) is 10.1 Å². The number of fused-ring (bicyclic) bond motifs is 12. The lowest BCUT2D eigenvalue weighted by Gasteiger charge is -2.51. The molecule has 6 aromatic carbocycles. The molecule has 438 valence electrons. The van der Waals surface area contributed by atoms with Crippen molar-refractivity contribution in [2.24, 2.45) is 0 Å². The first kappa shape index (κ1) is 56.5. The molecule has 1 fully saturated rings. The highest BCUT2D eigenvalue weighted by Gasteiger charge is 2.60. The zero-order valence-electron chi connectivity index (χ0n) is 55.0. The van der Waals surface area contributed by atoms with E-state index < -0.39 is 0 Å². The molecule has 2 unspecified atom stereocenters. The standard InChI is InChI=1S/C79H98BN3S/c1-19-21-32-71(3,4)54-30-28-50(41-49(54)20-2)81-64-48-60-58(75(11,12)38-40-77(60,15)16)46-62(64)80-68-65(81)43-52(83-63-47-59-57(74(9,10)37-39-76(59,13)14)45-61(63)78(17)33-24-25-34-79(78,83)18)44-66(68)82(69-53-26-22-23-27-67(53)84-70(69)80)51-29-31-55-56(42-51)73(7,8)36-35-72(55,5)6/h22-23,26-31,41-48H,19-21,24-25,32-40H2,1-18H3. The van der Waals surface area contributed by atoms with E-state index in [1.165, 1.54) is 176 Å². The second kappa shape index (κ2) is 18.4. The summed E-state index contributed by atoms with van der Waals surface area (Å²) in [5, 5.41) is 1.36. The number of anilines is 8. The van der Waals surface area contributed by atoms with Crippen LogP contribution in [0.5, 0.6) is 0 Å². The average molecular weight is 1130 g/mol. The quantitative estimate of drug-likeness (QED) is 0.140. The van der Waals surface area contributed by atoms with Crippen molar-refractivity contribution in [2.45, 2.75) is 263 Å². The largest absolute Gasteiger partial charge is 0.334 e. The van der Waals surface area contributed by atoms with Gasteiger partial charge in [0.25, 0.3) is 6.71 Å². The molecule has 0 saturated heterocycles. The third-order valence-electron chi connectivity index (χ3n) is 24.6. The van der Waals surface area contributed by atoms with Gasteiger partial charge in [-0.1, -0.05) is 186 Å². The molecule has 4 aliphatic carbocycles. The van der Waals surface area contributed by atoms with Crippen LogP contribution >= 0.6 is 11.3 Å². The topological polar surface area (TPSA) is 9.72 Å². The van der Waals surface area contributed by atoms with Gasteiger partial charge in [0.05, 0.1) is 11.2 Å². The Hall–Kier alpha value is -5.26. The van der Waals surface area contributed by atoms with Crippen molar-refractivity contribution in [2.75, 3.05) is 14.7 Å². The number of aryl methyl sites for hydroxylation is 1. The van der Waals surface area contributed by atoms with Crippen LogP contribution in [-0.4, -0.2) is 12.3 Å². The van der Waals surface area contributed by atoms with Gasteiger partial charge < -0.3 is 14.7 Å². The van der Waals surface area contributed by atoms with Gasteiger partial charge >= 0.3 is 0 Å². The molecule has 3 nitrogen and oxygen atoms in total. The zero-order chi connectivity index (χ0) is 59.4. The number of thiophene rings is 1. The summed E-state index contributed by atoms with van der Waals surface area (Å²) in [6.07, 6.45) is 16.6. The first-order valence-corrected chi connectivity index (χ1v) is 34.1. The average Bonchev–Trinajstić information content (AvgIpc) is 1.36. The molecule has 7 aliphatic rings. The van der Waals surface area contributed by atoms with Crippen LogP contribution in [-0.2, 0) is 49.7 Å². The Labute approximate surface area is 511 Å². The molecule has 1 aromatic heterocycles. The Kier molecular flexibility index (Phi) is 12.4. The molecule has 0 amide bonds. The van der Waals surface area contributed by atoms with Gasteiger partial charge in [-0.15, -0.1) is 11.3 Å². The second-order valence-electron chi connectivity index (χ2n) is 33.0. The lowest BCUT2D eigenvalue weighted by atomic mass is 9.35. The van der Waals surface area contributed by atoms with Gasteiger partial charge in [-0.2, -0.15) is 0 Å². The molecule has 0 radical (unpaired) electrons. The molecule has 0 N–H and O–H groups in total. The van der Waals surface area contributed by atoms with E-state index >= 15 is 0 Å². The maximum Gasteiger partial charge on any atom is 0.264 e. The predicted octanol–water partition coefficient (Wildman–Crippen LogP) is 20.8. The van der Waals surface area contributed by atoms with Crippen molar-refractivity contribution in [3.8, 4) is 0 Å². The summed E-state index contributed by atoms with van der Waals surface area (Å²) in [5.74, 6) is 0. The Balaban J connectivity index is 1.14. The van der Waals surface area contributed by atoms with E-state index in [0.717, 1.165) is 12.8 Å². The van der Waals surface area contributed by atoms with Crippen LogP contribution < -0.4 is 30.4 Å². The Morgan fingerprint density at radius 1 is 0.488 bits per heavy atom. The van der Waals surface area contributed by atoms with E-state index in [0.29, 0.717) is 0 Å². The molecule has 7 aromatic rings. The van der Waals surface area contributed by atoms with Crippen molar-refractivity contribution >= 4 is 89.3 Å². The van der Waals surface area contributed by atoms with Crippen LogP contribution in [0.2, 0.25) is 0 Å². The molecule has 14 rings (SSSR count). The van der Waals surface area contributed by atoms with Crippen LogP contribution in [0.15, 0.2) is 97.1 Å². The molecule has 3 aliphatic heterocycles. The molecular formula is C79H98BN3S. The van der Waals surface area contributed by atoms with Gasteiger partial charge in [-0.3, -0.25) is 0 Å². The van der Waals surface area contributed by atoms with Gasteiger partial charge in [-0.25, -0.2) is 0 Å². The summed E-state index contributed by atoms with van der Waals surface area (Å²) < 4.78 is 2.84. The summed E-state index contributed by atoms with van der Waals surface area (Å²) in [6, 6.07) is 41.4. The maximum absolute atomic E-state index is 2.96. The highest BCUT2D eigenvalue weighted by atomic mass is 32.1. The molecule has 1 saturated carbocycles. The third kappa shape index (κ3) is 7.92. The van der Waals surface area contributed by atoms with Crippen LogP contribution in [0.4, 0.5) is 45.5 Å². The molecule has 4 heterocycles. The highest BCUT2D eigenvalue weighted by molar-refractivity contribution is 7.33. The van der Waals surface area contributed by atoms with E-state index in [4.69, 9.17) is 0 Å². The fourth-order valence-corrected chi connectivity index (χ4v) is 19.8. The van der Waals surface area contributed by atoms with Gasteiger partial charge in [0.2, 0.25) is 0 Å². The maximum atomic E-state index is 2.96. The molecule has 5 heteroatoms. The minimum Gasteiger partial charge on any atom is -0.334 e. The first-order chi connectivity index (χ1) is 39.5. The number of nitrogens with zero attached hydrogens (tertiary/aromatic N) is 3. The molecule has 0 spiro atoms. The van der Waals surface area contributed by atoms with E-state index in [-0.39, 0.29) is 55.6 Å². The summed E-state index contributed by atoms with van der Waals surface area (Å²) >= 11 is 2.06. The van der Waals surface area contributed by atoms with Crippen molar-refractivity contribution in [1.29, 1.82) is 0 Å². The summed E-state index contributed by atoms with van der Waals surface area (Å²) in [7, 11) is 0. The fourth-order valence-electron chi connectivity index (χ4n) is 18.5.